The van der Waals surface area contributed by atoms with Crippen molar-refractivity contribution in [3.63, 3.8) is 0 Å². The Morgan fingerprint density at radius 2 is 1.74 bits per heavy atom. The second kappa shape index (κ2) is 9.67. The minimum atomic E-state index is -4.57. The van der Waals surface area contributed by atoms with Crippen molar-refractivity contribution < 1.29 is 18.0 Å². The first-order chi connectivity index (χ1) is 16.6. The van der Waals surface area contributed by atoms with Crippen LogP contribution in [0.3, 0.4) is 0 Å². The average Bonchev–Trinajstić information content (AvgIpc) is 2.94. The predicted molar refractivity (Wildman–Crippen MR) is 136 cm³/mol. The number of para-hydroxylation sites is 1. The molecule has 0 fully saturated rings. The number of rotatable bonds is 3. The van der Waals surface area contributed by atoms with Gasteiger partial charge in [0, 0.05) is 30.2 Å². The molecule has 1 N–H and O–H groups in total. The quantitative estimate of drug-likeness (QED) is 0.466. The molecule has 1 unspecified atom stereocenters. The number of aliphatic imine (C=N–C) groups is 1. The Hall–Kier alpha value is -3.43. The fourth-order valence-electron chi connectivity index (χ4n) is 3.80. The molecule has 1 aliphatic heterocycles. The average molecular weight is 517 g/mol. The van der Waals surface area contributed by atoms with Crippen LogP contribution >= 0.6 is 23.8 Å². The first-order valence-corrected chi connectivity index (χ1v) is 11.3. The molecular formula is C25H20ClF3N4OS. The van der Waals surface area contributed by atoms with Crippen LogP contribution in [0, 0.1) is 0 Å². The summed E-state index contributed by atoms with van der Waals surface area (Å²) >= 11 is 11.7. The van der Waals surface area contributed by atoms with Crippen molar-refractivity contribution in [1.82, 2.24) is 5.32 Å². The molecule has 3 aromatic rings. The second-order valence-electron chi connectivity index (χ2n) is 7.83. The molecule has 1 amide bonds. The number of anilines is 2. The van der Waals surface area contributed by atoms with Crippen LogP contribution in [0.2, 0.25) is 5.02 Å². The topological polar surface area (TPSA) is 47.9 Å². The summed E-state index contributed by atoms with van der Waals surface area (Å²) < 4.78 is 40.6. The molecule has 35 heavy (non-hydrogen) atoms. The number of halogens is 4. The molecule has 180 valence electrons. The number of hydrogen-bond acceptors (Lipinski definition) is 3. The predicted octanol–water partition coefficient (Wildman–Crippen LogP) is 5.51. The molecular weight excluding hydrogens is 497 g/mol. The molecule has 1 atom stereocenters. The minimum absolute atomic E-state index is 0.0893. The molecule has 1 aliphatic rings. The fourth-order valence-corrected chi connectivity index (χ4v) is 4.18. The lowest BCUT2D eigenvalue weighted by atomic mass is 10.0. The number of nitrogens with zero attached hydrogens (tertiary/aromatic N) is 3. The molecule has 10 heteroatoms. The van der Waals surface area contributed by atoms with E-state index in [1.807, 2.05) is 30.3 Å². The zero-order valence-electron chi connectivity index (χ0n) is 18.7. The smallest absolute Gasteiger partial charge is 0.333 e. The summed E-state index contributed by atoms with van der Waals surface area (Å²) in [4.78, 5) is 20.6. The first kappa shape index (κ1) is 24.7. The summed E-state index contributed by atoms with van der Waals surface area (Å²) in [5, 5.41) is 3.23. The van der Waals surface area contributed by atoms with E-state index in [1.165, 1.54) is 35.0 Å². The minimum Gasteiger partial charge on any atom is -0.333 e. The van der Waals surface area contributed by atoms with Crippen LogP contribution < -0.4 is 15.1 Å². The van der Waals surface area contributed by atoms with Crippen LogP contribution in [0.5, 0.6) is 0 Å². The van der Waals surface area contributed by atoms with Crippen LogP contribution in [-0.4, -0.2) is 37.0 Å². The molecule has 0 aromatic heterocycles. The molecule has 0 saturated heterocycles. The number of carbonyl (C=O) groups is 1. The van der Waals surface area contributed by atoms with Gasteiger partial charge in [0.05, 0.1) is 22.6 Å². The SMILES string of the molecule is CN1C(=O)C(NC(=S)N(C)c2ccccc2C(F)(F)F)N=C(c2ccccc2)c2cc(Cl)ccc21. The number of carbonyl (C=O) groups excluding carboxylic acids is 1. The van der Waals surface area contributed by atoms with Gasteiger partial charge in [0.2, 0.25) is 6.17 Å². The highest BCUT2D eigenvalue weighted by Crippen LogP contribution is 2.36. The van der Waals surface area contributed by atoms with Gasteiger partial charge in [-0.2, -0.15) is 13.2 Å². The van der Waals surface area contributed by atoms with E-state index in [2.05, 4.69) is 10.3 Å². The van der Waals surface area contributed by atoms with E-state index in [9.17, 15) is 18.0 Å². The van der Waals surface area contributed by atoms with Crippen LogP contribution in [0.25, 0.3) is 0 Å². The Morgan fingerprint density at radius 3 is 2.43 bits per heavy atom. The Kier molecular flexibility index (Phi) is 6.82. The molecule has 0 aliphatic carbocycles. The number of thiocarbonyl (C=S) groups is 1. The standard InChI is InChI=1S/C25H20ClF3N4OS/c1-32-19-13-12-16(26)14-17(19)21(15-8-4-3-5-9-15)30-22(23(32)34)31-24(35)33(2)20-11-7-6-10-18(20)25(27,28)29/h3-14,22H,1-2H3,(H,31,35). The van der Waals surface area contributed by atoms with Crippen LogP contribution in [0.15, 0.2) is 77.8 Å². The van der Waals surface area contributed by atoms with Gasteiger partial charge >= 0.3 is 6.18 Å². The van der Waals surface area contributed by atoms with Crippen molar-refractivity contribution in [2.24, 2.45) is 4.99 Å². The highest BCUT2D eigenvalue weighted by molar-refractivity contribution is 7.80. The lowest BCUT2D eigenvalue weighted by Gasteiger charge is -2.27. The van der Waals surface area contributed by atoms with Crippen molar-refractivity contribution in [2.75, 3.05) is 23.9 Å². The van der Waals surface area contributed by atoms with Crippen molar-refractivity contribution >= 4 is 51.9 Å². The third-order valence-electron chi connectivity index (χ3n) is 5.58. The lowest BCUT2D eigenvalue weighted by Crippen LogP contribution is -2.50. The number of likely N-dealkylation sites (N-methyl/N-ethyl adjacent to an activating group) is 1. The van der Waals surface area contributed by atoms with Gasteiger partial charge in [0.15, 0.2) is 5.11 Å². The Bertz CT molecular complexity index is 1310. The molecule has 1 heterocycles. The molecule has 0 saturated carbocycles. The third-order valence-corrected chi connectivity index (χ3v) is 6.21. The first-order valence-electron chi connectivity index (χ1n) is 10.5. The second-order valence-corrected chi connectivity index (χ2v) is 8.65. The normalized spacial score (nSPS) is 15.7. The van der Waals surface area contributed by atoms with Crippen LogP contribution in [-0.2, 0) is 11.0 Å². The van der Waals surface area contributed by atoms with Crippen molar-refractivity contribution in [1.29, 1.82) is 0 Å². The maximum Gasteiger partial charge on any atom is 0.418 e. The number of amides is 1. The number of benzene rings is 3. The van der Waals surface area contributed by atoms with Gasteiger partial charge in [0.1, 0.15) is 0 Å². The molecule has 0 spiro atoms. The van der Waals surface area contributed by atoms with Gasteiger partial charge < -0.3 is 15.1 Å². The zero-order chi connectivity index (χ0) is 25.3. The van der Waals surface area contributed by atoms with Crippen molar-refractivity contribution in [2.45, 2.75) is 12.3 Å². The van der Waals surface area contributed by atoms with Gasteiger partial charge in [-0.15, -0.1) is 0 Å². The van der Waals surface area contributed by atoms with E-state index in [-0.39, 0.29) is 10.8 Å². The van der Waals surface area contributed by atoms with Gasteiger partial charge in [0.25, 0.3) is 5.91 Å². The number of fused-ring (bicyclic) bond motifs is 1. The largest absolute Gasteiger partial charge is 0.418 e. The number of nitrogens with one attached hydrogen (secondary N) is 1. The summed E-state index contributed by atoms with van der Waals surface area (Å²) in [5.74, 6) is -0.431. The third kappa shape index (κ3) is 5.01. The molecule has 0 radical (unpaired) electrons. The Morgan fingerprint density at radius 1 is 1.09 bits per heavy atom. The van der Waals surface area contributed by atoms with E-state index in [0.29, 0.717) is 22.0 Å². The van der Waals surface area contributed by atoms with Gasteiger partial charge in [-0.3, -0.25) is 4.79 Å². The number of benzodiazepines with no additional fused rings is 1. The van der Waals surface area contributed by atoms with E-state index in [1.54, 1.807) is 25.2 Å². The molecule has 3 aromatic carbocycles. The monoisotopic (exact) mass is 516 g/mol. The van der Waals surface area contributed by atoms with E-state index in [4.69, 9.17) is 23.8 Å². The summed E-state index contributed by atoms with van der Waals surface area (Å²) in [6.07, 6.45) is -5.76. The Labute approximate surface area is 210 Å². The van der Waals surface area contributed by atoms with Gasteiger partial charge in [-0.1, -0.05) is 54.1 Å². The van der Waals surface area contributed by atoms with E-state index in [0.717, 1.165) is 11.6 Å². The summed E-state index contributed by atoms with van der Waals surface area (Å²) in [7, 11) is 3.00. The molecule has 0 bridgehead atoms. The molecule has 5 nitrogen and oxygen atoms in total. The molecule has 4 rings (SSSR count). The fraction of sp³-hybridized carbons (Fsp3) is 0.160. The summed E-state index contributed by atoms with van der Waals surface area (Å²) in [5.41, 5.74) is 1.49. The number of alkyl halides is 3. The van der Waals surface area contributed by atoms with Crippen molar-refractivity contribution in [3.05, 3.63) is 94.5 Å². The summed E-state index contributed by atoms with van der Waals surface area (Å²) in [6, 6.07) is 19.4. The van der Waals surface area contributed by atoms with Crippen LogP contribution in [0.4, 0.5) is 24.5 Å². The highest BCUT2D eigenvalue weighted by Gasteiger charge is 2.36. The summed E-state index contributed by atoms with van der Waals surface area (Å²) in [6.45, 7) is 0. The lowest BCUT2D eigenvalue weighted by molar-refractivity contribution is -0.137. The van der Waals surface area contributed by atoms with E-state index >= 15 is 0 Å². The van der Waals surface area contributed by atoms with Gasteiger partial charge in [-0.05, 0) is 42.5 Å². The van der Waals surface area contributed by atoms with Gasteiger partial charge in [-0.25, -0.2) is 4.99 Å². The van der Waals surface area contributed by atoms with Crippen molar-refractivity contribution in [3.8, 4) is 0 Å². The maximum atomic E-state index is 13.5. The van der Waals surface area contributed by atoms with Crippen LogP contribution in [0.1, 0.15) is 16.7 Å². The highest BCUT2D eigenvalue weighted by atomic mass is 35.5. The maximum absolute atomic E-state index is 13.5. The zero-order valence-corrected chi connectivity index (χ0v) is 20.2. The number of hydrogen-bond donors (Lipinski definition) is 1. The Balaban J connectivity index is 1.74. The van der Waals surface area contributed by atoms with E-state index < -0.39 is 23.8 Å².